The number of likely N-dealkylation sites (tertiary alicyclic amines) is 1. The third kappa shape index (κ3) is 3.16. The first-order chi connectivity index (χ1) is 7.97. The Balaban J connectivity index is 0.000000209. The molecule has 0 aromatic rings. The molecule has 1 amide bonds. The standard InChI is InChI=1S/C8H14N2O.C2H2O4/c1-2-10-5-6-3-9-4-7(6)8(10)11;3-1(4)2(5)6/h6-7,9H,2-5H2,1H3;(H,3,4)(H,5,6). The fourth-order valence-corrected chi connectivity index (χ4v) is 2.11. The number of amides is 1. The summed E-state index contributed by atoms with van der Waals surface area (Å²) in [6, 6.07) is 0. The second kappa shape index (κ2) is 5.62. The molecule has 96 valence electrons. The lowest BCUT2D eigenvalue weighted by molar-refractivity contribution is -0.159. The Bertz CT molecular complexity index is 319. The lowest BCUT2D eigenvalue weighted by atomic mass is 10.0. The Kier molecular flexibility index (Phi) is 4.45. The van der Waals surface area contributed by atoms with E-state index in [1.165, 1.54) is 0 Å². The Morgan fingerprint density at radius 3 is 2.35 bits per heavy atom. The van der Waals surface area contributed by atoms with E-state index in [4.69, 9.17) is 19.8 Å². The van der Waals surface area contributed by atoms with E-state index in [1.54, 1.807) is 0 Å². The average Bonchev–Trinajstić information content (AvgIpc) is 2.82. The van der Waals surface area contributed by atoms with Crippen molar-refractivity contribution < 1.29 is 24.6 Å². The van der Waals surface area contributed by atoms with Crippen molar-refractivity contribution in [2.24, 2.45) is 11.8 Å². The number of carbonyl (C=O) groups is 3. The summed E-state index contributed by atoms with van der Waals surface area (Å²) in [4.78, 5) is 31.7. The van der Waals surface area contributed by atoms with Crippen molar-refractivity contribution in [3.8, 4) is 0 Å². The van der Waals surface area contributed by atoms with Crippen LogP contribution in [0, 0.1) is 11.8 Å². The number of nitrogens with zero attached hydrogens (tertiary/aromatic N) is 1. The van der Waals surface area contributed by atoms with Gasteiger partial charge in [-0.15, -0.1) is 0 Å². The number of aliphatic carboxylic acids is 2. The summed E-state index contributed by atoms with van der Waals surface area (Å²) in [6.07, 6.45) is 0. The highest BCUT2D eigenvalue weighted by Gasteiger charge is 2.42. The first-order valence-corrected chi connectivity index (χ1v) is 5.43. The van der Waals surface area contributed by atoms with Crippen molar-refractivity contribution >= 4 is 17.8 Å². The van der Waals surface area contributed by atoms with E-state index in [0.717, 1.165) is 26.2 Å². The molecule has 0 aromatic heterocycles. The van der Waals surface area contributed by atoms with Crippen LogP contribution < -0.4 is 5.32 Å². The largest absolute Gasteiger partial charge is 0.473 e. The summed E-state index contributed by atoms with van der Waals surface area (Å²) in [5.74, 6) is -2.38. The number of rotatable bonds is 1. The molecule has 0 bridgehead atoms. The van der Waals surface area contributed by atoms with Crippen molar-refractivity contribution in [3.63, 3.8) is 0 Å². The molecule has 0 radical (unpaired) electrons. The molecule has 0 aromatic carbocycles. The van der Waals surface area contributed by atoms with E-state index in [-0.39, 0.29) is 0 Å². The van der Waals surface area contributed by atoms with Crippen LogP contribution in [0.2, 0.25) is 0 Å². The van der Waals surface area contributed by atoms with Gasteiger partial charge in [-0.3, -0.25) is 4.79 Å². The van der Waals surface area contributed by atoms with Crippen LogP contribution in [-0.4, -0.2) is 59.1 Å². The zero-order valence-electron chi connectivity index (χ0n) is 9.55. The number of nitrogens with one attached hydrogen (secondary N) is 1. The Labute approximate surface area is 98.4 Å². The van der Waals surface area contributed by atoms with Crippen LogP contribution in [0.5, 0.6) is 0 Å². The summed E-state index contributed by atoms with van der Waals surface area (Å²) in [5.41, 5.74) is 0. The summed E-state index contributed by atoms with van der Waals surface area (Å²) in [6.45, 7) is 5.85. The molecule has 0 aliphatic carbocycles. The molecule has 2 heterocycles. The zero-order chi connectivity index (χ0) is 13.0. The molecule has 2 aliphatic rings. The highest BCUT2D eigenvalue weighted by atomic mass is 16.4. The van der Waals surface area contributed by atoms with Gasteiger partial charge in [0, 0.05) is 32.1 Å². The molecule has 2 aliphatic heterocycles. The Morgan fingerprint density at radius 1 is 1.35 bits per heavy atom. The SMILES string of the molecule is CCN1CC2CNCC2C1=O.O=C(O)C(=O)O. The van der Waals surface area contributed by atoms with E-state index in [0.29, 0.717) is 17.7 Å². The van der Waals surface area contributed by atoms with Gasteiger partial charge in [-0.05, 0) is 6.92 Å². The molecule has 2 unspecified atom stereocenters. The van der Waals surface area contributed by atoms with Gasteiger partial charge in [0.25, 0.3) is 0 Å². The predicted octanol–water partition coefficient (Wildman–Crippen LogP) is -1.16. The van der Waals surface area contributed by atoms with Crippen molar-refractivity contribution in [2.75, 3.05) is 26.2 Å². The minimum atomic E-state index is -1.82. The number of fused-ring (bicyclic) bond motifs is 1. The highest BCUT2D eigenvalue weighted by molar-refractivity contribution is 6.27. The lowest BCUT2D eigenvalue weighted by Gasteiger charge is -2.13. The molecular weight excluding hydrogens is 228 g/mol. The number of carbonyl (C=O) groups excluding carboxylic acids is 1. The van der Waals surface area contributed by atoms with Crippen LogP contribution in [-0.2, 0) is 14.4 Å². The summed E-state index contributed by atoms with van der Waals surface area (Å²) in [7, 11) is 0. The lowest BCUT2D eigenvalue weighted by Crippen LogP contribution is -2.30. The van der Waals surface area contributed by atoms with Gasteiger partial charge in [-0.1, -0.05) is 0 Å². The van der Waals surface area contributed by atoms with Crippen LogP contribution >= 0.6 is 0 Å². The third-order valence-electron chi connectivity index (χ3n) is 2.99. The van der Waals surface area contributed by atoms with Gasteiger partial charge in [-0.25, -0.2) is 9.59 Å². The predicted molar refractivity (Wildman–Crippen MR) is 57.4 cm³/mol. The second-order valence-electron chi connectivity index (χ2n) is 4.01. The quantitative estimate of drug-likeness (QED) is 0.502. The molecule has 2 saturated heterocycles. The van der Waals surface area contributed by atoms with Gasteiger partial charge in [0.05, 0.1) is 5.92 Å². The normalized spacial score (nSPS) is 26.2. The Hall–Kier alpha value is -1.63. The number of carboxylic acids is 2. The first-order valence-electron chi connectivity index (χ1n) is 5.43. The molecule has 17 heavy (non-hydrogen) atoms. The molecule has 2 rings (SSSR count). The number of hydrogen-bond acceptors (Lipinski definition) is 4. The molecule has 0 spiro atoms. The van der Waals surface area contributed by atoms with Crippen molar-refractivity contribution in [2.45, 2.75) is 6.92 Å². The molecule has 2 fully saturated rings. The maximum absolute atomic E-state index is 11.5. The maximum Gasteiger partial charge on any atom is 0.414 e. The highest BCUT2D eigenvalue weighted by Crippen LogP contribution is 2.26. The summed E-state index contributed by atoms with van der Waals surface area (Å²) in [5, 5.41) is 18.0. The topological polar surface area (TPSA) is 107 Å². The van der Waals surface area contributed by atoms with Crippen LogP contribution in [0.25, 0.3) is 0 Å². The van der Waals surface area contributed by atoms with Crippen molar-refractivity contribution in [1.29, 1.82) is 0 Å². The number of hydrogen-bond donors (Lipinski definition) is 3. The fourth-order valence-electron chi connectivity index (χ4n) is 2.11. The third-order valence-corrected chi connectivity index (χ3v) is 2.99. The van der Waals surface area contributed by atoms with Gasteiger partial charge in [-0.2, -0.15) is 0 Å². The zero-order valence-corrected chi connectivity index (χ0v) is 9.55. The molecule has 2 atom stereocenters. The van der Waals surface area contributed by atoms with E-state index in [1.807, 2.05) is 11.8 Å². The van der Waals surface area contributed by atoms with Crippen LogP contribution in [0.15, 0.2) is 0 Å². The monoisotopic (exact) mass is 244 g/mol. The van der Waals surface area contributed by atoms with Crippen LogP contribution in [0.3, 0.4) is 0 Å². The van der Waals surface area contributed by atoms with Crippen LogP contribution in [0.1, 0.15) is 6.92 Å². The minimum Gasteiger partial charge on any atom is -0.473 e. The Morgan fingerprint density at radius 2 is 1.94 bits per heavy atom. The molecular formula is C10H16N2O5. The average molecular weight is 244 g/mol. The van der Waals surface area contributed by atoms with Crippen molar-refractivity contribution in [3.05, 3.63) is 0 Å². The molecule has 7 heteroatoms. The van der Waals surface area contributed by atoms with E-state index < -0.39 is 11.9 Å². The summed E-state index contributed by atoms with van der Waals surface area (Å²) >= 11 is 0. The maximum atomic E-state index is 11.5. The number of carboxylic acid groups (broad SMARTS) is 2. The molecule has 0 saturated carbocycles. The van der Waals surface area contributed by atoms with Gasteiger partial charge >= 0.3 is 11.9 Å². The van der Waals surface area contributed by atoms with E-state index >= 15 is 0 Å². The van der Waals surface area contributed by atoms with Crippen molar-refractivity contribution in [1.82, 2.24) is 10.2 Å². The second-order valence-corrected chi connectivity index (χ2v) is 4.01. The van der Waals surface area contributed by atoms with Gasteiger partial charge in [0.1, 0.15) is 0 Å². The summed E-state index contributed by atoms with van der Waals surface area (Å²) < 4.78 is 0. The van der Waals surface area contributed by atoms with E-state index in [2.05, 4.69) is 5.32 Å². The smallest absolute Gasteiger partial charge is 0.414 e. The molecule has 3 N–H and O–H groups in total. The first kappa shape index (κ1) is 13.4. The van der Waals surface area contributed by atoms with Gasteiger partial charge < -0.3 is 20.4 Å². The van der Waals surface area contributed by atoms with Gasteiger partial charge in [0.2, 0.25) is 5.91 Å². The fraction of sp³-hybridized carbons (Fsp3) is 0.700. The minimum absolute atomic E-state index is 0.301. The van der Waals surface area contributed by atoms with Crippen LogP contribution in [0.4, 0.5) is 0 Å². The molecule has 7 nitrogen and oxygen atoms in total. The van der Waals surface area contributed by atoms with Gasteiger partial charge in [0.15, 0.2) is 0 Å². The van der Waals surface area contributed by atoms with E-state index in [9.17, 15) is 4.79 Å².